The van der Waals surface area contributed by atoms with Crippen molar-refractivity contribution in [3.8, 4) is 0 Å². The quantitative estimate of drug-likeness (QED) is 0.0149. The fraction of sp³-hybridized carbons (Fsp3) is 0.851. The molecule has 0 aromatic rings. The topological polar surface area (TPSA) is 433 Å². The highest BCUT2D eigenvalue weighted by Crippen LogP contribution is 2.35. The summed E-state index contributed by atoms with van der Waals surface area (Å²) in [4.78, 5) is 62.3. The predicted octanol–water partition coefficient (Wildman–Crippen LogP) is -3.58. The summed E-state index contributed by atoms with van der Waals surface area (Å²) in [6.07, 6.45) is -15.4. The van der Waals surface area contributed by atoms with Crippen LogP contribution in [0.3, 0.4) is 0 Å². The number of carbonyl (C=O) groups is 5. The van der Waals surface area contributed by atoms with E-state index < -0.39 is 183 Å². The summed E-state index contributed by atoms with van der Waals surface area (Å²) in [6.45, 7) is 3.65. The molecule has 4 heterocycles. The van der Waals surface area contributed by atoms with Gasteiger partial charge in [-0.3, -0.25) is 28.5 Å². The monoisotopic (exact) mass is 1130 g/mol. The zero-order chi connectivity index (χ0) is 57.1. The lowest BCUT2D eigenvalue weighted by molar-refractivity contribution is -0.369. The fourth-order valence-electron chi connectivity index (χ4n) is 9.31. The first-order valence-electron chi connectivity index (χ1n) is 25.8. The number of hydrogen-bond donors (Lipinski definition) is 13. The molecule has 20 atom stereocenters. The van der Waals surface area contributed by atoms with Gasteiger partial charge in [-0.15, -0.1) is 0 Å². The molecule has 4 amide bonds. The Hall–Kier alpha value is -3.64. The van der Waals surface area contributed by atoms with Gasteiger partial charge in [-0.2, -0.15) is 8.42 Å². The van der Waals surface area contributed by atoms with Crippen LogP contribution >= 0.6 is 0 Å². The molecule has 4 rings (SSSR count). The second-order valence-corrected chi connectivity index (χ2v) is 20.4. The van der Waals surface area contributed by atoms with E-state index in [1.54, 1.807) is 0 Å². The maximum atomic E-state index is 13.4. The molecule has 4 aliphatic heterocycles. The number of carbonyl (C=O) groups excluding carboxylic acids is 5. The van der Waals surface area contributed by atoms with Gasteiger partial charge < -0.3 is 100 Å². The third kappa shape index (κ3) is 20.1. The van der Waals surface area contributed by atoms with Crippen LogP contribution in [0, 0.1) is 0 Å². The highest BCUT2D eigenvalue weighted by atomic mass is 32.3. The molecule has 0 aliphatic carbocycles. The summed E-state index contributed by atoms with van der Waals surface area (Å²) in [7, 11) is -5.43. The molecule has 13 N–H and O–H groups in total. The van der Waals surface area contributed by atoms with Crippen LogP contribution in [0.1, 0.15) is 112 Å². The average Bonchev–Trinajstić information content (AvgIpc) is 3.35. The standard InChI is InChI=1S/C47H80N4O25S/c1-6-7-8-9-10-11-12-13-14-15-16-17-18-19-30(58)51-32-36(60)35(59)29(22-68-26(5)57)71-44(32)72-40-27(20-52)69-45(33(38(40)62)49-24(3)55)73-41-28(21-53)70-46(34(39(41)63)50-25(4)56)74-42-37(61)31(48-23(2)54)43(64)75-47(42)76-77(65,66)67/h11-12,27-29,31-47,52-53,59-64H,6-10,13-22H2,1-5H3,(H,48,54)(H,49,55)(H,50,56)(H,51,58)(H,65,66,67)/b12-11-/t27?,28?,29?,31?,32?,33?,34?,35-,36?,37?,38?,39?,40+,41-,42+,43-,44+,45+,46+,47?/m1/s1. The zero-order valence-electron chi connectivity index (χ0n) is 43.8. The van der Waals surface area contributed by atoms with Crippen molar-refractivity contribution in [3.63, 3.8) is 0 Å². The van der Waals surface area contributed by atoms with E-state index in [-0.39, 0.29) is 6.42 Å². The van der Waals surface area contributed by atoms with E-state index in [9.17, 15) is 77.8 Å². The maximum absolute atomic E-state index is 13.4. The fourth-order valence-corrected chi connectivity index (χ4v) is 9.70. The second kappa shape index (κ2) is 32.0. The van der Waals surface area contributed by atoms with Gasteiger partial charge >= 0.3 is 16.4 Å². The van der Waals surface area contributed by atoms with E-state index in [0.29, 0.717) is 6.42 Å². The molecule has 0 aromatic carbocycles. The van der Waals surface area contributed by atoms with E-state index in [2.05, 4.69) is 44.5 Å². The van der Waals surface area contributed by atoms with Crippen molar-refractivity contribution in [2.75, 3.05) is 19.8 Å². The molecule has 0 radical (unpaired) electrons. The third-order valence-corrected chi connectivity index (χ3v) is 13.5. The smallest absolute Gasteiger partial charge is 0.399 e. The van der Waals surface area contributed by atoms with Crippen LogP contribution in [-0.4, -0.2) is 226 Å². The van der Waals surface area contributed by atoms with Crippen LogP contribution in [0.15, 0.2) is 12.2 Å². The van der Waals surface area contributed by atoms with Gasteiger partial charge in [0.25, 0.3) is 0 Å². The largest absolute Gasteiger partial charge is 0.463 e. The lowest BCUT2D eigenvalue weighted by Gasteiger charge is -2.50. The molecular formula is C47H80N4O25S. The van der Waals surface area contributed by atoms with Crippen LogP contribution in [0.2, 0.25) is 0 Å². The number of allylic oxidation sites excluding steroid dienone is 2. The van der Waals surface area contributed by atoms with Crippen LogP contribution in [-0.2, 0) is 76.4 Å². The molecule has 77 heavy (non-hydrogen) atoms. The number of nitrogens with one attached hydrogen (secondary N) is 4. The molecule has 0 spiro atoms. The van der Waals surface area contributed by atoms with Crippen molar-refractivity contribution in [3.05, 3.63) is 12.2 Å². The number of aliphatic hydroxyl groups excluding tert-OH is 8. The van der Waals surface area contributed by atoms with Gasteiger partial charge in [0.2, 0.25) is 29.9 Å². The van der Waals surface area contributed by atoms with Gasteiger partial charge in [0.1, 0.15) is 97.9 Å². The van der Waals surface area contributed by atoms with Crippen LogP contribution in [0.5, 0.6) is 0 Å². The van der Waals surface area contributed by atoms with Gasteiger partial charge in [0, 0.05) is 34.1 Å². The molecule has 4 saturated heterocycles. The van der Waals surface area contributed by atoms with E-state index in [1.807, 2.05) is 0 Å². The molecule has 444 valence electrons. The molecule has 4 fully saturated rings. The SMILES string of the molecule is CCCCCC/C=C\CCCCCCCC(=O)NC1C(O)[C@H](O)C(COC(C)=O)O[C@H]1O[C@H]1C(CO)O[C@@H](O[C@@H]2C(CO)O[C@@H](O[C@@H]3C(OS(=O)(=O)O)O[C@@H](O)C(NC(C)=O)C3O)C(NC(C)=O)C2O)C(NC(C)=O)C1O. The van der Waals surface area contributed by atoms with Crippen molar-refractivity contribution < 1.29 is 120 Å². The Balaban J connectivity index is 1.54. The van der Waals surface area contributed by atoms with Gasteiger partial charge in [-0.1, -0.05) is 57.6 Å². The number of ether oxygens (including phenoxy) is 8. The summed E-state index contributed by atoms with van der Waals surface area (Å²) in [5.74, 6) is -3.82. The van der Waals surface area contributed by atoms with Crippen molar-refractivity contribution in [2.45, 2.75) is 234 Å². The highest BCUT2D eigenvalue weighted by molar-refractivity contribution is 7.80. The summed E-state index contributed by atoms with van der Waals surface area (Å²) >= 11 is 0. The summed E-state index contributed by atoms with van der Waals surface area (Å²) in [5.41, 5.74) is 0. The Morgan fingerprint density at radius 2 is 0.948 bits per heavy atom. The van der Waals surface area contributed by atoms with Crippen LogP contribution < -0.4 is 21.3 Å². The van der Waals surface area contributed by atoms with Gasteiger partial charge in [-0.25, -0.2) is 4.18 Å². The van der Waals surface area contributed by atoms with Crippen molar-refractivity contribution >= 4 is 40.0 Å². The van der Waals surface area contributed by atoms with Crippen molar-refractivity contribution in [1.29, 1.82) is 0 Å². The molecule has 29 nitrogen and oxygen atoms in total. The van der Waals surface area contributed by atoms with Crippen molar-refractivity contribution in [1.82, 2.24) is 21.3 Å². The number of amides is 4. The van der Waals surface area contributed by atoms with E-state index in [0.717, 1.165) is 66.2 Å². The Bertz CT molecular complexity index is 2010. The van der Waals surface area contributed by atoms with Crippen LogP contribution in [0.25, 0.3) is 0 Å². The first kappa shape index (κ1) is 65.9. The third-order valence-electron chi connectivity index (χ3n) is 13.1. The van der Waals surface area contributed by atoms with Gasteiger partial charge in [0.05, 0.1) is 13.2 Å². The maximum Gasteiger partial charge on any atom is 0.399 e. The second-order valence-electron chi connectivity index (χ2n) is 19.4. The lowest BCUT2D eigenvalue weighted by atomic mass is 9.93. The van der Waals surface area contributed by atoms with E-state index >= 15 is 0 Å². The number of unbranched alkanes of at least 4 members (excludes halogenated alkanes) is 9. The summed E-state index contributed by atoms with van der Waals surface area (Å²) in [5, 5.41) is 98.9. The molecule has 0 aromatic heterocycles. The molecular weight excluding hydrogens is 1050 g/mol. The number of hydrogen-bond acceptors (Lipinski definition) is 24. The highest BCUT2D eigenvalue weighted by Gasteiger charge is 2.57. The van der Waals surface area contributed by atoms with E-state index in [4.69, 9.17) is 37.9 Å². The minimum Gasteiger partial charge on any atom is -0.463 e. The lowest BCUT2D eigenvalue weighted by Crippen LogP contribution is -2.71. The van der Waals surface area contributed by atoms with Crippen molar-refractivity contribution in [2.24, 2.45) is 0 Å². The number of rotatable bonds is 29. The Kier molecular flexibility index (Phi) is 27.3. The number of esters is 1. The summed E-state index contributed by atoms with van der Waals surface area (Å²) < 4.78 is 83.5. The first-order chi connectivity index (χ1) is 36.4. The Labute approximate surface area is 446 Å². The molecule has 12 unspecified atom stereocenters. The zero-order valence-corrected chi connectivity index (χ0v) is 44.6. The molecule has 4 aliphatic rings. The number of aliphatic hydroxyl groups is 8. The normalized spacial score (nSPS) is 35.7. The molecule has 30 heteroatoms. The first-order valence-corrected chi connectivity index (χ1v) is 27.2. The van der Waals surface area contributed by atoms with Crippen LogP contribution in [0.4, 0.5) is 0 Å². The minimum absolute atomic E-state index is 0.00296. The Morgan fingerprint density at radius 1 is 0.519 bits per heavy atom. The van der Waals surface area contributed by atoms with E-state index in [1.165, 1.54) is 25.7 Å². The minimum atomic E-state index is -5.43. The molecule has 0 saturated carbocycles. The Morgan fingerprint density at radius 3 is 1.42 bits per heavy atom. The van der Waals surface area contributed by atoms with Gasteiger partial charge in [0.15, 0.2) is 25.2 Å². The summed E-state index contributed by atoms with van der Waals surface area (Å²) in [6, 6.07) is -6.84. The average molecular weight is 1130 g/mol. The predicted molar refractivity (Wildman–Crippen MR) is 260 cm³/mol. The molecule has 0 bridgehead atoms. The van der Waals surface area contributed by atoms with Gasteiger partial charge in [-0.05, 0) is 32.1 Å².